The van der Waals surface area contributed by atoms with Crippen LogP contribution >= 0.6 is 23.5 Å². The van der Waals surface area contributed by atoms with Crippen LogP contribution in [-0.2, 0) is 31.6 Å². The summed E-state index contributed by atoms with van der Waals surface area (Å²) in [6.07, 6.45) is -2.82. The monoisotopic (exact) mass is 506 g/mol. The van der Waals surface area contributed by atoms with Crippen molar-refractivity contribution in [3.8, 4) is 12.0 Å². The molecule has 1 aromatic rings. The van der Waals surface area contributed by atoms with Gasteiger partial charge in [-0.25, -0.2) is 18.5 Å². The molecular formula is C11H17N4O13P3. The summed E-state index contributed by atoms with van der Waals surface area (Å²) in [5, 5.41) is 10.1. The number of aliphatic hydroxyl groups excluding tert-OH is 1. The zero-order chi connectivity index (χ0) is 23.6. The normalized spacial score (nSPS) is 25.3. The third-order valence-electron chi connectivity index (χ3n) is 3.52. The van der Waals surface area contributed by atoms with Gasteiger partial charge >= 0.3 is 29.2 Å². The second-order valence-electron chi connectivity index (χ2n) is 5.82. The minimum atomic E-state index is -5.69. The molecule has 1 aliphatic heterocycles. The van der Waals surface area contributed by atoms with Crippen LogP contribution in [0.1, 0.15) is 18.2 Å². The lowest BCUT2D eigenvalue weighted by molar-refractivity contribution is -0.0449. The van der Waals surface area contributed by atoms with Crippen LogP contribution in [-0.4, -0.2) is 53.0 Å². The molecule has 2 rings (SSSR count). The third kappa shape index (κ3) is 7.48. The number of nitrogen functional groups attached to an aromatic ring is 1. The zero-order valence-electron chi connectivity index (χ0n) is 15.1. The quantitative estimate of drug-likeness (QED) is 0.115. The van der Waals surface area contributed by atoms with Crippen LogP contribution in [0, 0.1) is 12.0 Å². The van der Waals surface area contributed by atoms with E-state index in [1.54, 1.807) is 0 Å². The minimum Gasteiger partial charge on any atom is -0.390 e. The first-order valence-corrected chi connectivity index (χ1v) is 12.4. The first kappa shape index (κ1) is 25.6. The Hall–Kier alpha value is -1.63. The largest absolute Gasteiger partial charge is 0.490 e. The van der Waals surface area contributed by atoms with Gasteiger partial charge in [0.15, 0.2) is 0 Å². The molecule has 9 N–H and O–H groups in total. The molecule has 2 unspecified atom stereocenters. The Morgan fingerprint density at radius 3 is 2.45 bits per heavy atom. The van der Waals surface area contributed by atoms with E-state index in [1.807, 2.05) is 0 Å². The number of aliphatic hydroxyl groups is 1. The number of hydrogen-bond acceptors (Lipinski definition) is 12. The maximum absolute atomic E-state index is 12.0. The van der Waals surface area contributed by atoms with E-state index in [9.17, 15) is 28.5 Å². The molecule has 0 bridgehead atoms. The molecule has 0 saturated carbocycles. The highest BCUT2D eigenvalue weighted by molar-refractivity contribution is 7.66. The molecule has 1 aliphatic rings. The Balaban J connectivity index is 2.07. The van der Waals surface area contributed by atoms with E-state index in [0.717, 1.165) is 4.57 Å². The van der Waals surface area contributed by atoms with Crippen molar-refractivity contribution in [2.24, 2.45) is 5.73 Å². The van der Waals surface area contributed by atoms with Crippen molar-refractivity contribution in [3.05, 3.63) is 22.2 Å². The van der Waals surface area contributed by atoms with E-state index in [0.29, 0.717) is 0 Å². The van der Waals surface area contributed by atoms with Crippen LogP contribution in [0.15, 0.2) is 11.0 Å². The Morgan fingerprint density at radius 1 is 1.23 bits per heavy atom. The number of hydrogen-bond donors (Lipinski definition) is 7. The number of ether oxygens (including phenoxy) is 1. The lowest BCUT2D eigenvalue weighted by Crippen LogP contribution is -2.29. The fourth-order valence-electron chi connectivity index (χ4n) is 2.37. The summed E-state index contributed by atoms with van der Waals surface area (Å²) < 4.78 is 51.5. The molecule has 1 fully saturated rings. The number of anilines is 1. The van der Waals surface area contributed by atoms with Crippen molar-refractivity contribution in [1.82, 2.24) is 9.55 Å². The average Bonchev–Trinajstić information content (AvgIpc) is 2.93. The van der Waals surface area contributed by atoms with E-state index < -0.39 is 54.2 Å². The molecule has 31 heavy (non-hydrogen) atoms. The van der Waals surface area contributed by atoms with E-state index in [1.165, 1.54) is 6.20 Å². The molecule has 0 aliphatic carbocycles. The first-order chi connectivity index (χ1) is 14.1. The fourth-order valence-corrected chi connectivity index (χ4v) is 5.40. The maximum atomic E-state index is 12.0. The number of phosphoric ester groups is 1. The SMILES string of the molecule is NC#Cc1cn([C@H]2C[C@H](O)[C@@H](COP(=O)(O)OP(=O)(O)OP(=O)(O)O)O2)c(=O)nc1N. The molecule has 17 nitrogen and oxygen atoms in total. The van der Waals surface area contributed by atoms with Crippen molar-refractivity contribution in [2.45, 2.75) is 24.9 Å². The van der Waals surface area contributed by atoms with Crippen molar-refractivity contribution in [2.75, 3.05) is 12.3 Å². The number of phosphoric acid groups is 3. The Kier molecular flexibility index (Phi) is 7.83. The number of nitrogens with two attached hydrogens (primary N) is 2. The van der Waals surface area contributed by atoms with Crippen LogP contribution in [0.4, 0.5) is 5.82 Å². The van der Waals surface area contributed by atoms with Gasteiger partial charge in [0, 0.05) is 18.7 Å². The molecule has 0 amide bonds. The van der Waals surface area contributed by atoms with Gasteiger partial charge in [-0.15, -0.1) is 0 Å². The van der Waals surface area contributed by atoms with Crippen molar-refractivity contribution in [1.29, 1.82) is 0 Å². The van der Waals surface area contributed by atoms with Gasteiger partial charge in [-0.2, -0.15) is 13.6 Å². The van der Waals surface area contributed by atoms with Gasteiger partial charge in [-0.3, -0.25) is 9.09 Å². The zero-order valence-corrected chi connectivity index (χ0v) is 17.8. The lowest BCUT2D eigenvalue weighted by Gasteiger charge is -2.19. The Morgan fingerprint density at radius 2 is 1.87 bits per heavy atom. The summed E-state index contributed by atoms with van der Waals surface area (Å²) in [7, 11) is -16.6. The van der Waals surface area contributed by atoms with Gasteiger partial charge in [0.25, 0.3) is 0 Å². The van der Waals surface area contributed by atoms with Crippen LogP contribution in [0.3, 0.4) is 0 Å². The number of aromatic nitrogens is 2. The van der Waals surface area contributed by atoms with Crippen LogP contribution in [0.5, 0.6) is 0 Å². The van der Waals surface area contributed by atoms with Gasteiger partial charge in [0.2, 0.25) is 0 Å². The summed E-state index contributed by atoms with van der Waals surface area (Å²) >= 11 is 0. The highest BCUT2D eigenvalue weighted by Crippen LogP contribution is 2.66. The molecule has 2 heterocycles. The molecule has 20 heteroatoms. The van der Waals surface area contributed by atoms with Gasteiger partial charge < -0.3 is 40.9 Å². The predicted molar refractivity (Wildman–Crippen MR) is 98.3 cm³/mol. The first-order valence-electron chi connectivity index (χ1n) is 7.84. The van der Waals surface area contributed by atoms with E-state index in [-0.39, 0.29) is 17.8 Å². The van der Waals surface area contributed by atoms with Crippen molar-refractivity contribution in [3.63, 3.8) is 0 Å². The topological polar surface area (TPSA) is 276 Å². The summed E-state index contributed by atoms with van der Waals surface area (Å²) in [6, 6.07) is 2.08. The summed E-state index contributed by atoms with van der Waals surface area (Å²) in [5.41, 5.74) is 9.89. The molecule has 174 valence electrons. The smallest absolute Gasteiger partial charge is 0.390 e. The fraction of sp³-hybridized carbons (Fsp3) is 0.455. The molecule has 1 aromatic heterocycles. The van der Waals surface area contributed by atoms with E-state index >= 15 is 0 Å². The van der Waals surface area contributed by atoms with Gasteiger partial charge in [-0.05, 0) is 5.92 Å². The highest BCUT2D eigenvalue weighted by Gasteiger charge is 2.43. The second kappa shape index (κ2) is 9.47. The van der Waals surface area contributed by atoms with Crippen LogP contribution in [0.25, 0.3) is 0 Å². The summed E-state index contributed by atoms with van der Waals surface area (Å²) in [4.78, 5) is 51.1. The average molecular weight is 506 g/mol. The summed E-state index contributed by atoms with van der Waals surface area (Å²) in [6.45, 7) is -0.895. The highest BCUT2D eigenvalue weighted by atomic mass is 31.3. The van der Waals surface area contributed by atoms with E-state index in [2.05, 4.69) is 30.1 Å². The lowest BCUT2D eigenvalue weighted by atomic mass is 10.2. The Labute approximate surface area is 173 Å². The van der Waals surface area contributed by atoms with E-state index in [4.69, 9.17) is 30.9 Å². The number of rotatable bonds is 8. The van der Waals surface area contributed by atoms with Crippen molar-refractivity contribution < 1.29 is 56.3 Å². The molecule has 5 atom stereocenters. The molecule has 0 spiro atoms. The number of nitrogens with zero attached hydrogens (tertiary/aromatic N) is 2. The Bertz CT molecular complexity index is 1090. The molecule has 0 aromatic carbocycles. The maximum Gasteiger partial charge on any atom is 0.490 e. The predicted octanol–water partition coefficient (Wildman–Crippen LogP) is -1.92. The molecular weight excluding hydrogens is 489 g/mol. The minimum absolute atomic E-state index is 0.0944. The molecule has 0 radical (unpaired) electrons. The summed E-state index contributed by atoms with van der Waals surface area (Å²) in [5.74, 6) is 2.21. The van der Waals surface area contributed by atoms with Gasteiger partial charge in [0.1, 0.15) is 18.1 Å². The standard InChI is InChI=1S/C11H17N4O13P3/c12-2-1-6-4-15(11(17)14-10(6)13)9-3-7(16)8(26-9)5-25-30(21,22)28-31(23,24)27-29(18,19)20/h4,7-9,16H,3,5,12H2,(H,21,22)(H,23,24)(H2,13,14,17)(H2,18,19,20)/t7-,8+,9+/m0/s1. The van der Waals surface area contributed by atoms with Crippen LogP contribution < -0.4 is 17.2 Å². The van der Waals surface area contributed by atoms with Gasteiger partial charge in [-0.1, -0.05) is 0 Å². The third-order valence-corrected chi connectivity index (χ3v) is 7.32. The van der Waals surface area contributed by atoms with Crippen LogP contribution in [0.2, 0.25) is 0 Å². The van der Waals surface area contributed by atoms with Gasteiger partial charge in [0.05, 0.1) is 18.3 Å². The molecule has 1 saturated heterocycles. The second-order valence-corrected chi connectivity index (χ2v) is 10.2. The van der Waals surface area contributed by atoms with Crippen molar-refractivity contribution >= 4 is 29.3 Å².